The summed E-state index contributed by atoms with van der Waals surface area (Å²) in [5, 5.41) is 3.65. The number of hydrogen-bond acceptors (Lipinski definition) is 5. The van der Waals surface area contributed by atoms with Gasteiger partial charge in [0, 0.05) is 36.6 Å². The Kier molecular flexibility index (Phi) is 6.23. The number of hydrogen-bond donors (Lipinski definition) is 1. The Labute approximate surface area is 120 Å². The van der Waals surface area contributed by atoms with Gasteiger partial charge < -0.3 is 10.1 Å². The summed E-state index contributed by atoms with van der Waals surface area (Å²) in [5.41, 5.74) is 1.91. The van der Waals surface area contributed by atoms with Gasteiger partial charge in [0.1, 0.15) is 0 Å². The fourth-order valence-corrected chi connectivity index (χ4v) is 3.14. The molecule has 1 fully saturated rings. The van der Waals surface area contributed by atoms with Gasteiger partial charge in [-0.05, 0) is 19.5 Å². The van der Waals surface area contributed by atoms with Crippen molar-refractivity contribution < 1.29 is 4.74 Å². The van der Waals surface area contributed by atoms with Crippen LogP contribution < -0.4 is 5.32 Å². The lowest BCUT2D eigenvalue weighted by Gasteiger charge is -2.36. The second-order valence-corrected chi connectivity index (χ2v) is 6.01. The first-order chi connectivity index (χ1) is 9.33. The summed E-state index contributed by atoms with van der Waals surface area (Å²) in [6.07, 6.45) is 4.45. The molecule has 2 unspecified atom stereocenters. The lowest BCUT2D eigenvalue weighted by Crippen LogP contribution is -2.53. The van der Waals surface area contributed by atoms with Gasteiger partial charge in [-0.1, -0.05) is 13.8 Å². The van der Waals surface area contributed by atoms with E-state index in [1.54, 1.807) is 11.3 Å². The average molecular weight is 283 g/mol. The van der Waals surface area contributed by atoms with Crippen LogP contribution in [0.5, 0.6) is 0 Å². The molecule has 1 N–H and O–H groups in total. The number of ether oxygens (including phenoxy) is 1. The maximum Gasteiger partial charge on any atom is 0.0858 e. The van der Waals surface area contributed by atoms with Gasteiger partial charge in [0.25, 0.3) is 0 Å². The van der Waals surface area contributed by atoms with Crippen LogP contribution in [0, 0.1) is 0 Å². The van der Waals surface area contributed by atoms with E-state index < -0.39 is 0 Å². The fraction of sp³-hybridized carbons (Fsp3) is 0.786. The molecular formula is C14H25N3OS. The van der Waals surface area contributed by atoms with Crippen LogP contribution in [0.1, 0.15) is 25.1 Å². The Balaban J connectivity index is 1.95. The van der Waals surface area contributed by atoms with Crippen molar-refractivity contribution >= 4 is 11.3 Å². The zero-order valence-corrected chi connectivity index (χ0v) is 12.8. The third kappa shape index (κ3) is 4.53. The normalized spacial score (nSPS) is 22.5. The summed E-state index contributed by atoms with van der Waals surface area (Å²) in [7, 11) is 0. The van der Waals surface area contributed by atoms with E-state index in [-0.39, 0.29) is 0 Å². The summed E-state index contributed by atoms with van der Waals surface area (Å²) < 4.78 is 6.00. The van der Waals surface area contributed by atoms with E-state index in [2.05, 4.69) is 29.0 Å². The summed E-state index contributed by atoms with van der Waals surface area (Å²) in [5.74, 6) is 0. The number of rotatable bonds is 7. The molecular weight excluding hydrogens is 258 g/mol. The Morgan fingerprint density at radius 2 is 2.47 bits per heavy atom. The van der Waals surface area contributed by atoms with Gasteiger partial charge in [0.05, 0.1) is 18.2 Å². The summed E-state index contributed by atoms with van der Waals surface area (Å²) in [6, 6.07) is 0.398. The third-order valence-electron chi connectivity index (χ3n) is 3.63. The van der Waals surface area contributed by atoms with E-state index >= 15 is 0 Å². The first-order valence-corrected chi connectivity index (χ1v) is 8.16. The van der Waals surface area contributed by atoms with Crippen molar-refractivity contribution in [2.45, 2.75) is 38.8 Å². The lowest BCUT2D eigenvalue weighted by molar-refractivity contribution is -0.0446. The molecule has 1 saturated heterocycles. The molecule has 0 aromatic carbocycles. The predicted octanol–water partition coefficient (Wildman–Crippen LogP) is 1.77. The highest BCUT2D eigenvalue weighted by atomic mass is 32.1. The SMILES string of the molecule is CCCNC(Cc1cncs1)C1CN(CC)CCO1. The van der Waals surface area contributed by atoms with Crippen molar-refractivity contribution in [3.8, 4) is 0 Å². The minimum Gasteiger partial charge on any atom is -0.374 e. The zero-order chi connectivity index (χ0) is 13.5. The van der Waals surface area contributed by atoms with Crippen molar-refractivity contribution in [3.05, 3.63) is 16.6 Å². The molecule has 1 aromatic rings. The Bertz CT molecular complexity index is 344. The van der Waals surface area contributed by atoms with Crippen molar-refractivity contribution in [1.29, 1.82) is 0 Å². The Morgan fingerprint density at radius 3 is 3.16 bits per heavy atom. The summed E-state index contributed by atoms with van der Waals surface area (Å²) in [4.78, 5) is 7.98. The molecule has 0 bridgehead atoms. The zero-order valence-electron chi connectivity index (χ0n) is 12.0. The molecule has 0 amide bonds. The van der Waals surface area contributed by atoms with Crippen LogP contribution in [0.25, 0.3) is 0 Å². The highest BCUT2D eigenvalue weighted by molar-refractivity contribution is 7.09. The van der Waals surface area contributed by atoms with Crippen LogP contribution in [-0.4, -0.2) is 54.8 Å². The van der Waals surface area contributed by atoms with Crippen molar-refractivity contribution in [2.24, 2.45) is 0 Å². The van der Waals surface area contributed by atoms with Crippen LogP contribution in [0.3, 0.4) is 0 Å². The molecule has 4 nitrogen and oxygen atoms in total. The molecule has 1 aliphatic rings. The number of morpholine rings is 1. The van der Waals surface area contributed by atoms with Crippen LogP contribution in [0.2, 0.25) is 0 Å². The van der Waals surface area contributed by atoms with E-state index in [0.29, 0.717) is 12.1 Å². The van der Waals surface area contributed by atoms with E-state index in [1.165, 1.54) is 4.88 Å². The lowest BCUT2D eigenvalue weighted by atomic mass is 10.0. The highest BCUT2D eigenvalue weighted by Crippen LogP contribution is 2.15. The van der Waals surface area contributed by atoms with Gasteiger partial charge in [0.15, 0.2) is 0 Å². The third-order valence-corrected chi connectivity index (χ3v) is 4.44. The molecule has 0 radical (unpaired) electrons. The molecule has 1 aliphatic heterocycles. The average Bonchev–Trinajstić information content (AvgIpc) is 2.96. The maximum atomic E-state index is 6.00. The van der Waals surface area contributed by atoms with E-state index in [9.17, 15) is 0 Å². The van der Waals surface area contributed by atoms with Gasteiger partial charge in [-0.15, -0.1) is 11.3 Å². The van der Waals surface area contributed by atoms with Crippen molar-refractivity contribution in [1.82, 2.24) is 15.2 Å². The fourth-order valence-electron chi connectivity index (χ4n) is 2.49. The van der Waals surface area contributed by atoms with Gasteiger partial charge in [-0.2, -0.15) is 0 Å². The Morgan fingerprint density at radius 1 is 1.58 bits per heavy atom. The number of aromatic nitrogens is 1. The standard InChI is InChI=1S/C14H25N3OS/c1-3-5-16-13(8-12-9-15-11-19-12)14-10-17(4-2)6-7-18-14/h9,11,13-14,16H,3-8,10H2,1-2H3. The molecule has 0 aliphatic carbocycles. The molecule has 5 heteroatoms. The molecule has 2 atom stereocenters. The van der Waals surface area contributed by atoms with Crippen molar-refractivity contribution in [2.75, 3.05) is 32.8 Å². The second kappa shape index (κ2) is 7.94. The van der Waals surface area contributed by atoms with E-state index in [4.69, 9.17) is 4.74 Å². The number of nitrogens with zero attached hydrogens (tertiary/aromatic N) is 2. The van der Waals surface area contributed by atoms with E-state index in [0.717, 1.165) is 45.6 Å². The molecule has 108 valence electrons. The topological polar surface area (TPSA) is 37.4 Å². The quantitative estimate of drug-likeness (QED) is 0.827. The summed E-state index contributed by atoms with van der Waals surface area (Å²) >= 11 is 1.73. The largest absolute Gasteiger partial charge is 0.374 e. The Hall–Kier alpha value is -0.490. The monoisotopic (exact) mass is 283 g/mol. The molecule has 2 rings (SSSR count). The van der Waals surface area contributed by atoms with Gasteiger partial charge in [0.2, 0.25) is 0 Å². The first-order valence-electron chi connectivity index (χ1n) is 7.28. The molecule has 19 heavy (non-hydrogen) atoms. The van der Waals surface area contributed by atoms with Crippen LogP contribution in [0.15, 0.2) is 11.7 Å². The van der Waals surface area contributed by atoms with Crippen LogP contribution in [0.4, 0.5) is 0 Å². The van der Waals surface area contributed by atoms with Crippen LogP contribution >= 0.6 is 11.3 Å². The molecule has 0 spiro atoms. The van der Waals surface area contributed by atoms with Gasteiger partial charge >= 0.3 is 0 Å². The van der Waals surface area contributed by atoms with Gasteiger partial charge in [-0.25, -0.2) is 0 Å². The maximum absolute atomic E-state index is 6.00. The number of thiazole rings is 1. The predicted molar refractivity (Wildman–Crippen MR) is 79.8 cm³/mol. The first kappa shape index (κ1) is 14.9. The number of nitrogens with one attached hydrogen (secondary N) is 1. The highest BCUT2D eigenvalue weighted by Gasteiger charge is 2.27. The minimum absolute atomic E-state index is 0.294. The molecule has 1 aromatic heterocycles. The summed E-state index contributed by atoms with van der Waals surface area (Å²) in [6.45, 7) is 9.55. The molecule has 0 saturated carbocycles. The van der Waals surface area contributed by atoms with Crippen LogP contribution in [-0.2, 0) is 11.2 Å². The van der Waals surface area contributed by atoms with Crippen molar-refractivity contribution in [3.63, 3.8) is 0 Å². The second-order valence-electron chi connectivity index (χ2n) is 5.03. The molecule has 2 heterocycles. The van der Waals surface area contributed by atoms with E-state index in [1.807, 2.05) is 11.7 Å². The van der Waals surface area contributed by atoms with Gasteiger partial charge in [-0.3, -0.25) is 9.88 Å². The smallest absolute Gasteiger partial charge is 0.0858 e. The number of likely N-dealkylation sites (N-methyl/N-ethyl adjacent to an activating group) is 1. The minimum atomic E-state index is 0.294.